The molecule has 23 aliphatic rings. The SMILES string of the molecule is CCc1c2c(nc3ccc(O)cc13)-c1cc3c(c(=O)n1C2)COC(=O)[C@]3(CC)OC(=O)CNC(=O)[C@@H](CSCC1O[C@@H]2O[C@H]3C(CO)O[C@@H](O[C@H]4C(CO)O[C@@H](O[C@H]5C(CO)O[C@@H](O[C@H]6C(CSC[C@@H](CC(=O)CCOCCOCCC(C)=O)C(=O)NC)O[C@@H](O[C@H]7C(CO)O[C@@H](O[C@H]8C(CO)O[C@H](O[C@@H]1[C@H](O)C2O)C(O)[C@H]8O)C(O)[C@H]7O)C(O)[C@H]6O)C(O)[C@H]5O)C(O)[C@H]4O)C(O)[C@H]3O)NC. The van der Waals surface area contributed by atoms with Gasteiger partial charge >= 0.3 is 11.9 Å². The standard InChI is InChI=1S/C84H121N5O45S2/c1-6-35-36-17-33(96)8-9-40(36)88-51-37(35)20-89-42(51)18-39-38(75(89)115)26-119-83(116)84(39,7-2)134-50(98)19-87-74(114)41(85-4)28-136-30-49-72-58(105)65(112)82(126-49)131-70-47(25-94)122-77(61(108)54(70)101)127-66-43(21-90)120-76(59(106)52(66)99)128-67-44(22-91)123-79(62(109)55(67)102)132-71-48(29-135-27-32(73(113)86-5)16-34(97)11-13-118-15-14-117-12-10-31(3)95)125-81(64(111)57(71)104)130-69-46(24-93)121-78(60(107)53(69)100)129-68-45(23-92)124-80(133-72)63(110)56(68)103/h8-9,17-18,32,41,43-49,52-72,76-82,85,90-94,96,99-112H,6-7,10-16,19-30H2,1-5H3,(H,86,113)(H,87,114)/t32-,41-,43?,44?,45?,46?,47?,48?,49?,52-,53-,54-,55-,56-,57-,58-,59?,60?,61?,62?,63?,64?,65?,66+,67+,68+,69+,70+,71+,72+,76+,77+,78+,79+,80-,81+,82-,84-/m1/s1. The Labute approximate surface area is 783 Å². The number of aliphatic hydroxyl groups excluding tert-OH is 19. The predicted octanol–water partition coefficient (Wildman–Crippen LogP) is -11.4. The number of nitrogens with one attached hydrogen (secondary N) is 3. The van der Waals surface area contributed by atoms with E-state index in [0.29, 0.717) is 34.3 Å². The molecule has 38 atom stereocenters. The number of aromatic nitrogens is 2. The molecule has 136 heavy (non-hydrogen) atoms. The van der Waals surface area contributed by atoms with Gasteiger partial charge in [-0.1, -0.05) is 13.8 Å². The topological polar surface area (TPSA) is 744 Å². The molecule has 26 rings (SSSR count). The second-order valence-corrected chi connectivity index (χ2v) is 36.6. The van der Waals surface area contributed by atoms with Gasteiger partial charge in [0.1, 0.15) is 189 Å². The number of hydrogen-bond acceptors (Lipinski definition) is 49. The van der Waals surface area contributed by atoms with E-state index in [1.807, 2.05) is 6.92 Å². The fourth-order valence-electron chi connectivity index (χ4n) is 18.1. The van der Waals surface area contributed by atoms with Gasteiger partial charge in [0.2, 0.25) is 17.4 Å². The number of benzene rings is 1. The highest BCUT2D eigenvalue weighted by Crippen LogP contribution is 2.45. The number of pyridine rings is 2. The predicted molar refractivity (Wildman–Crippen MR) is 453 cm³/mol. The summed E-state index contributed by atoms with van der Waals surface area (Å²) in [6.07, 6.45) is -74.4. The van der Waals surface area contributed by atoms with Crippen molar-refractivity contribution in [3.05, 3.63) is 56.9 Å². The third kappa shape index (κ3) is 22.9. The Morgan fingerprint density at radius 2 is 0.904 bits per heavy atom. The fraction of sp³-hybridized carbons (Fsp3) is 0.762. The first-order valence-electron chi connectivity index (χ1n) is 44.6. The Hall–Kier alpha value is -6.14. The number of likely N-dealkylation sites (N-methyl/N-ethyl adjacent to an activating group) is 1. The number of esters is 2. The number of carbonyl (C=O) groups excluding carboxylic acids is 6. The van der Waals surface area contributed by atoms with E-state index in [1.54, 1.807) is 18.2 Å². The molecule has 21 saturated heterocycles. The molecule has 23 aliphatic heterocycles. The third-order valence-corrected chi connectivity index (χ3v) is 28.0. The van der Waals surface area contributed by atoms with E-state index < -0.39 is 325 Å². The zero-order valence-corrected chi connectivity index (χ0v) is 76.0. The Kier molecular flexibility index (Phi) is 37.3. The molecule has 1 aromatic carbocycles. The monoisotopic (exact) mass is 1980 g/mol. The summed E-state index contributed by atoms with van der Waals surface area (Å²) in [7, 11) is 2.67. The van der Waals surface area contributed by atoms with Crippen molar-refractivity contribution in [2.45, 2.75) is 293 Å². The van der Waals surface area contributed by atoms with Gasteiger partial charge in [-0.05, 0) is 56.6 Å². The lowest BCUT2D eigenvalue weighted by atomic mass is 9.85. The molecule has 25 heterocycles. The molecule has 0 saturated carbocycles. The summed E-state index contributed by atoms with van der Waals surface area (Å²) in [6.45, 7) is -1.83. The number of phenols is 1. The highest BCUT2D eigenvalue weighted by Gasteiger charge is 2.61. The van der Waals surface area contributed by atoms with Crippen LogP contribution in [-0.2, 0) is 139 Å². The van der Waals surface area contributed by atoms with E-state index in [9.17, 15) is 136 Å². The van der Waals surface area contributed by atoms with Crippen LogP contribution in [0.2, 0.25) is 0 Å². The minimum absolute atomic E-state index is 0.00632. The molecule has 50 nitrogen and oxygen atoms in total. The molecule has 764 valence electrons. The van der Waals surface area contributed by atoms with Crippen molar-refractivity contribution in [1.29, 1.82) is 0 Å². The van der Waals surface area contributed by atoms with Crippen LogP contribution in [0.4, 0.5) is 0 Å². The summed E-state index contributed by atoms with van der Waals surface area (Å²) in [4.78, 5) is 99.6. The number of carbonyl (C=O) groups is 6. The highest BCUT2D eigenvalue weighted by molar-refractivity contribution is 7.99. The first-order valence-corrected chi connectivity index (χ1v) is 46.9. The smallest absolute Gasteiger partial charge is 0.355 e. The molecule has 0 spiro atoms. The highest BCUT2D eigenvalue weighted by atomic mass is 32.2. The van der Waals surface area contributed by atoms with Crippen molar-refractivity contribution in [3.8, 4) is 17.1 Å². The maximum Gasteiger partial charge on any atom is 0.355 e. The molecule has 23 N–H and O–H groups in total. The number of hydrogen-bond donors (Lipinski definition) is 23. The van der Waals surface area contributed by atoms with Gasteiger partial charge in [0.25, 0.3) is 5.56 Å². The molecule has 14 bridgehead atoms. The van der Waals surface area contributed by atoms with E-state index in [2.05, 4.69) is 16.0 Å². The summed E-state index contributed by atoms with van der Waals surface area (Å²) in [5.74, 6) is -6.56. The number of aryl methyl sites for hydroxylation is 1. The van der Waals surface area contributed by atoms with Crippen LogP contribution in [0.25, 0.3) is 22.3 Å². The Balaban J connectivity index is 0.741. The number of fused-ring (bicyclic) bond motifs is 5. The van der Waals surface area contributed by atoms with Gasteiger partial charge in [-0.3, -0.25) is 28.8 Å². The quantitative estimate of drug-likeness (QED) is 0.0159. The number of rotatable bonds is 32. The van der Waals surface area contributed by atoms with Crippen molar-refractivity contribution >= 4 is 69.7 Å². The number of nitrogens with zero attached hydrogens (tertiary/aromatic N) is 2. The van der Waals surface area contributed by atoms with E-state index in [1.165, 1.54) is 38.6 Å². The largest absolute Gasteiger partial charge is 0.508 e. The van der Waals surface area contributed by atoms with Crippen molar-refractivity contribution in [3.63, 3.8) is 0 Å². The van der Waals surface area contributed by atoms with E-state index in [-0.39, 0.29) is 92.8 Å². The Morgan fingerprint density at radius 3 is 1.29 bits per heavy atom. The lowest BCUT2D eigenvalue weighted by molar-refractivity contribution is -0.395. The van der Waals surface area contributed by atoms with Gasteiger partial charge in [-0.2, -0.15) is 23.5 Å². The normalized spacial score (nSPS) is 38.6. The lowest BCUT2D eigenvalue weighted by Gasteiger charge is -2.50. The third-order valence-electron chi connectivity index (χ3n) is 25.6. The second kappa shape index (κ2) is 47.4. The molecule has 0 aliphatic carbocycles. The van der Waals surface area contributed by atoms with E-state index in [4.69, 9.17) is 90.2 Å². The second-order valence-electron chi connectivity index (χ2n) is 34.4. The number of ketones is 2. The van der Waals surface area contributed by atoms with Crippen LogP contribution in [0.15, 0.2) is 29.1 Å². The van der Waals surface area contributed by atoms with Crippen LogP contribution >= 0.6 is 23.5 Å². The molecule has 2 aromatic heterocycles. The van der Waals surface area contributed by atoms with Gasteiger partial charge in [0.15, 0.2) is 44.0 Å². The number of amides is 2. The lowest BCUT2D eigenvalue weighted by Crippen LogP contribution is -2.68. The van der Waals surface area contributed by atoms with Crippen LogP contribution in [0.5, 0.6) is 5.75 Å². The van der Waals surface area contributed by atoms with Gasteiger partial charge in [0.05, 0.1) is 113 Å². The van der Waals surface area contributed by atoms with Crippen molar-refractivity contribution in [2.24, 2.45) is 5.92 Å². The van der Waals surface area contributed by atoms with Crippen LogP contribution in [0, 0.1) is 5.92 Å². The van der Waals surface area contributed by atoms with Gasteiger partial charge in [-0.25, -0.2) is 9.78 Å². The average molecular weight is 1990 g/mol. The number of cyclic esters (lactones) is 1. The maximum atomic E-state index is 14.5. The molecule has 0 radical (unpaired) electrons. The van der Waals surface area contributed by atoms with Crippen molar-refractivity contribution < 1.29 is 216 Å². The van der Waals surface area contributed by atoms with Gasteiger partial charge in [-0.15, -0.1) is 0 Å². The summed E-state index contributed by atoms with van der Waals surface area (Å²) < 4.78 is 108. The molecule has 3 aromatic rings. The summed E-state index contributed by atoms with van der Waals surface area (Å²) in [5, 5.41) is 241. The first-order chi connectivity index (χ1) is 65.0. The van der Waals surface area contributed by atoms with Crippen molar-refractivity contribution in [2.75, 3.05) is 103 Å². The van der Waals surface area contributed by atoms with Gasteiger partial charge in [0, 0.05) is 65.8 Å². The molecular weight excluding hydrogens is 1860 g/mol. The summed E-state index contributed by atoms with van der Waals surface area (Å²) in [5.41, 5.74) is 0.0529. The number of ether oxygens (including phenoxy) is 18. The number of Topliss-reactive ketones (excluding diaryl/α,β-unsaturated/α-hetero) is 2. The zero-order valence-electron chi connectivity index (χ0n) is 74.4. The molecular formula is C84H121N5O45S2. The number of aromatic hydroxyl groups is 1. The van der Waals surface area contributed by atoms with Crippen molar-refractivity contribution in [1.82, 2.24) is 25.5 Å². The van der Waals surface area contributed by atoms with E-state index >= 15 is 0 Å². The van der Waals surface area contributed by atoms with Gasteiger partial charge < -0.3 is 208 Å². The minimum atomic E-state index is -2.36. The minimum Gasteiger partial charge on any atom is -0.508 e. The van der Waals surface area contributed by atoms with Crippen LogP contribution in [-0.4, -0.2) is 471 Å². The van der Waals surface area contributed by atoms with Crippen LogP contribution in [0.1, 0.15) is 68.7 Å². The Morgan fingerprint density at radius 1 is 0.507 bits per heavy atom. The fourth-order valence-corrected chi connectivity index (χ4v) is 20.4. The summed E-state index contributed by atoms with van der Waals surface area (Å²) >= 11 is 1.75. The number of aliphatic hydroxyl groups is 19. The molecule has 14 unspecified atom stereocenters. The zero-order chi connectivity index (χ0) is 98.3. The molecule has 2 amide bonds. The van der Waals surface area contributed by atoms with E-state index in [0.717, 1.165) is 29.1 Å². The van der Waals surface area contributed by atoms with Crippen LogP contribution < -0.4 is 21.5 Å². The molecule has 21 fully saturated rings. The Bertz CT molecular complexity index is 4610. The van der Waals surface area contributed by atoms with Crippen LogP contribution in [0.3, 0.4) is 0 Å². The first kappa shape index (κ1) is 107. The number of thioether (sulfide) groups is 2. The maximum absolute atomic E-state index is 14.5. The number of phenolic OH excluding ortho intramolecular Hbond substituents is 1. The summed E-state index contributed by atoms with van der Waals surface area (Å²) in [6, 6.07) is 4.95. The molecule has 52 heteroatoms. The average Bonchev–Trinajstić information content (AvgIpc) is 1.55.